The fourth-order valence-corrected chi connectivity index (χ4v) is 5.54. The molecule has 1 aliphatic carbocycles. The largest absolute Gasteiger partial charge is 0.379 e. The molecule has 1 aliphatic heterocycles. The number of amides is 1. The second kappa shape index (κ2) is 8.09. The van der Waals surface area contributed by atoms with Gasteiger partial charge in [-0.3, -0.25) is 4.79 Å². The zero-order chi connectivity index (χ0) is 21.4. The average Bonchev–Trinajstić information content (AvgIpc) is 3.38. The summed E-state index contributed by atoms with van der Waals surface area (Å²) in [5.74, 6) is 0.580. The minimum absolute atomic E-state index is 0.107. The zero-order valence-corrected chi connectivity index (χ0v) is 18.0. The number of hydrogen-bond donors (Lipinski definition) is 1. The highest BCUT2D eigenvalue weighted by Crippen LogP contribution is 2.37. The summed E-state index contributed by atoms with van der Waals surface area (Å²) < 4.78 is 37.8. The second-order valence-electron chi connectivity index (χ2n) is 7.87. The topological polar surface area (TPSA) is 115 Å². The van der Waals surface area contributed by atoms with Gasteiger partial charge in [0.1, 0.15) is 5.54 Å². The van der Waals surface area contributed by atoms with Gasteiger partial charge in [0.2, 0.25) is 15.9 Å². The summed E-state index contributed by atoms with van der Waals surface area (Å²) in [6.07, 6.45) is 3.31. The Bertz CT molecular complexity index is 1040. The van der Waals surface area contributed by atoms with E-state index in [-0.39, 0.29) is 10.8 Å². The summed E-state index contributed by atoms with van der Waals surface area (Å²) in [5, 5.41) is 7.13. The van der Waals surface area contributed by atoms with Crippen LogP contribution in [0.2, 0.25) is 0 Å². The van der Waals surface area contributed by atoms with Crippen LogP contribution in [-0.2, 0) is 20.3 Å². The Balaban J connectivity index is 1.63. The van der Waals surface area contributed by atoms with Gasteiger partial charge in [0.15, 0.2) is 5.82 Å². The van der Waals surface area contributed by atoms with E-state index in [1.807, 2.05) is 0 Å². The molecule has 1 saturated carbocycles. The summed E-state index contributed by atoms with van der Waals surface area (Å²) in [6.45, 7) is 4.84. The number of benzene rings is 1. The number of rotatable bonds is 5. The van der Waals surface area contributed by atoms with Gasteiger partial charge < -0.3 is 14.6 Å². The van der Waals surface area contributed by atoms with E-state index in [0.717, 1.165) is 12.8 Å². The normalized spacial score (nSPS) is 19.7. The molecule has 1 aromatic carbocycles. The van der Waals surface area contributed by atoms with Crippen molar-refractivity contribution in [3.8, 4) is 0 Å². The summed E-state index contributed by atoms with van der Waals surface area (Å²) in [4.78, 5) is 17.7. The SMILES string of the molecule is Cc1nc(C2(NC(=O)c3cc(S(=O)(=O)N4CCOCC4)ccc3C)CCCC2)no1. The third-order valence-electron chi connectivity index (χ3n) is 5.83. The molecule has 2 aliphatic rings. The lowest BCUT2D eigenvalue weighted by molar-refractivity contribution is 0.0730. The molecular weight excluding hydrogens is 408 g/mol. The maximum absolute atomic E-state index is 13.2. The molecular formula is C20H26N4O5S. The van der Waals surface area contributed by atoms with Gasteiger partial charge in [0.25, 0.3) is 5.91 Å². The Morgan fingerprint density at radius 1 is 1.17 bits per heavy atom. The maximum atomic E-state index is 13.2. The van der Waals surface area contributed by atoms with Crippen LogP contribution in [0.1, 0.15) is 53.3 Å². The van der Waals surface area contributed by atoms with E-state index in [9.17, 15) is 13.2 Å². The number of nitrogens with zero attached hydrogens (tertiary/aromatic N) is 3. The molecule has 4 rings (SSSR count). The first-order valence-electron chi connectivity index (χ1n) is 10.1. The first kappa shape index (κ1) is 21.0. The van der Waals surface area contributed by atoms with Crippen molar-refractivity contribution in [1.82, 2.24) is 19.8 Å². The third kappa shape index (κ3) is 3.86. The van der Waals surface area contributed by atoms with Gasteiger partial charge in [-0.2, -0.15) is 9.29 Å². The van der Waals surface area contributed by atoms with Crippen LogP contribution in [0.3, 0.4) is 0 Å². The van der Waals surface area contributed by atoms with Crippen LogP contribution in [0.15, 0.2) is 27.6 Å². The third-order valence-corrected chi connectivity index (χ3v) is 7.72. The lowest BCUT2D eigenvalue weighted by atomic mass is 9.95. The van der Waals surface area contributed by atoms with Crippen molar-refractivity contribution in [3.05, 3.63) is 41.0 Å². The highest BCUT2D eigenvalue weighted by atomic mass is 32.2. The number of ether oxygens (including phenoxy) is 1. The molecule has 2 aromatic rings. The van der Waals surface area contributed by atoms with Gasteiger partial charge in [-0.1, -0.05) is 24.1 Å². The molecule has 2 fully saturated rings. The lowest BCUT2D eigenvalue weighted by Gasteiger charge is -2.28. The first-order chi connectivity index (χ1) is 14.3. The van der Waals surface area contributed by atoms with Gasteiger partial charge in [0.05, 0.1) is 18.1 Å². The van der Waals surface area contributed by atoms with Gasteiger partial charge in [-0.15, -0.1) is 0 Å². The highest BCUT2D eigenvalue weighted by molar-refractivity contribution is 7.89. The van der Waals surface area contributed by atoms with E-state index in [4.69, 9.17) is 9.26 Å². The number of aryl methyl sites for hydroxylation is 2. The van der Waals surface area contributed by atoms with E-state index >= 15 is 0 Å². The molecule has 1 aromatic heterocycles. The van der Waals surface area contributed by atoms with Crippen LogP contribution in [0.5, 0.6) is 0 Å². The summed E-state index contributed by atoms with van der Waals surface area (Å²) >= 11 is 0. The molecule has 162 valence electrons. The number of nitrogens with one attached hydrogen (secondary N) is 1. The predicted molar refractivity (Wildman–Crippen MR) is 107 cm³/mol. The number of sulfonamides is 1. The van der Waals surface area contributed by atoms with Crippen LogP contribution in [-0.4, -0.2) is 55.1 Å². The van der Waals surface area contributed by atoms with E-state index < -0.39 is 15.6 Å². The van der Waals surface area contributed by atoms with Crippen molar-refractivity contribution in [1.29, 1.82) is 0 Å². The molecule has 0 bridgehead atoms. The Morgan fingerprint density at radius 2 is 1.87 bits per heavy atom. The lowest BCUT2D eigenvalue weighted by Crippen LogP contribution is -2.45. The summed E-state index contributed by atoms with van der Waals surface area (Å²) in [5.41, 5.74) is 0.335. The fraction of sp³-hybridized carbons (Fsp3) is 0.550. The molecule has 1 N–H and O–H groups in total. The molecule has 9 nitrogen and oxygen atoms in total. The quantitative estimate of drug-likeness (QED) is 0.764. The van der Waals surface area contributed by atoms with Gasteiger partial charge in [-0.05, 0) is 37.5 Å². The highest BCUT2D eigenvalue weighted by Gasteiger charge is 2.41. The van der Waals surface area contributed by atoms with E-state index in [1.54, 1.807) is 26.0 Å². The van der Waals surface area contributed by atoms with Crippen molar-refractivity contribution in [2.45, 2.75) is 50.0 Å². The van der Waals surface area contributed by atoms with Crippen LogP contribution >= 0.6 is 0 Å². The van der Waals surface area contributed by atoms with Crippen molar-refractivity contribution in [3.63, 3.8) is 0 Å². The summed E-state index contributed by atoms with van der Waals surface area (Å²) in [6, 6.07) is 4.67. The minimum Gasteiger partial charge on any atom is -0.379 e. The van der Waals surface area contributed by atoms with Gasteiger partial charge in [-0.25, -0.2) is 8.42 Å². The van der Waals surface area contributed by atoms with Crippen LogP contribution < -0.4 is 5.32 Å². The first-order valence-corrected chi connectivity index (χ1v) is 11.6. The van der Waals surface area contributed by atoms with Gasteiger partial charge >= 0.3 is 0 Å². The molecule has 2 heterocycles. The number of hydrogen-bond acceptors (Lipinski definition) is 7. The minimum atomic E-state index is -3.69. The molecule has 30 heavy (non-hydrogen) atoms. The van der Waals surface area contributed by atoms with Gasteiger partial charge in [0, 0.05) is 25.6 Å². The standard InChI is InChI=1S/C20H26N4O5S/c1-14-5-6-16(30(26,27)24-9-11-28-12-10-24)13-17(14)18(25)22-20(7-3-4-8-20)19-21-15(2)29-23-19/h5-6,13H,3-4,7-12H2,1-2H3,(H,22,25). The van der Waals surface area contributed by atoms with Crippen LogP contribution in [0.4, 0.5) is 0 Å². The van der Waals surface area contributed by atoms with Crippen molar-refractivity contribution < 1.29 is 22.5 Å². The molecule has 0 unspecified atom stereocenters. The number of carbonyl (C=O) groups excluding carboxylic acids is 1. The van der Waals surface area contributed by atoms with E-state index in [2.05, 4.69) is 15.5 Å². The number of aromatic nitrogens is 2. The van der Waals surface area contributed by atoms with Crippen LogP contribution in [0, 0.1) is 13.8 Å². The molecule has 0 radical (unpaired) electrons. The Morgan fingerprint density at radius 3 is 2.50 bits per heavy atom. The second-order valence-corrected chi connectivity index (χ2v) is 9.81. The van der Waals surface area contributed by atoms with Crippen molar-refractivity contribution in [2.24, 2.45) is 0 Å². The average molecular weight is 435 g/mol. The van der Waals surface area contributed by atoms with E-state index in [1.165, 1.54) is 10.4 Å². The smallest absolute Gasteiger partial charge is 0.252 e. The van der Waals surface area contributed by atoms with Crippen LogP contribution in [0.25, 0.3) is 0 Å². The Hall–Kier alpha value is -2.30. The maximum Gasteiger partial charge on any atom is 0.252 e. The monoisotopic (exact) mass is 434 g/mol. The Kier molecular flexibility index (Phi) is 5.65. The molecule has 0 atom stereocenters. The van der Waals surface area contributed by atoms with Crippen molar-refractivity contribution >= 4 is 15.9 Å². The Labute approximate surface area is 175 Å². The zero-order valence-electron chi connectivity index (χ0n) is 17.2. The fourth-order valence-electron chi connectivity index (χ4n) is 4.10. The predicted octanol–water partition coefficient (Wildman–Crippen LogP) is 1.91. The molecule has 0 spiro atoms. The molecule has 10 heteroatoms. The van der Waals surface area contributed by atoms with Crippen molar-refractivity contribution in [2.75, 3.05) is 26.3 Å². The summed E-state index contributed by atoms with van der Waals surface area (Å²) in [7, 11) is -3.69. The number of carbonyl (C=O) groups is 1. The molecule has 1 amide bonds. The molecule has 1 saturated heterocycles. The number of morpholine rings is 1. The van der Waals surface area contributed by atoms with E-state index in [0.29, 0.717) is 62.0 Å².